The van der Waals surface area contributed by atoms with E-state index in [0.29, 0.717) is 0 Å². The van der Waals surface area contributed by atoms with Crippen molar-refractivity contribution < 1.29 is 8.83 Å². The fraction of sp³-hybridized carbons (Fsp3) is 0. The van der Waals surface area contributed by atoms with Crippen LogP contribution in [0.15, 0.2) is 227 Å². The van der Waals surface area contributed by atoms with Gasteiger partial charge in [0.1, 0.15) is 22.3 Å². The highest BCUT2D eigenvalue weighted by atomic mass is 32.1. The Kier molecular flexibility index (Phi) is 8.07. The second kappa shape index (κ2) is 14.5. The molecule has 0 spiro atoms. The van der Waals surface area contributed by atoms with Gasteiger partial charge in [-0.05, 0) is 149 Å². The summed E-state index contributed by atoms with van der Waals surface area (Å²) in [5.41, 5.74) is 9.95. The molecule has 4 nitrogen and oxygen atoms in total. The summed E-state index contributed by atoms with van der Waals surface area (Å²) in [5, 5.41) is 14.0. The number of anilines is 6. The van der Waals surface area contributed by atoms with Crippen molar-refractivity contribution in [3.8, 4) is 0 Å². The van der Waals surface area contributed by atoms with E-state index in [4.69, 9.17) is 8.83 Å². The van der Waals surface area contributed by atoms with E-state index in [0.717, 1.165) is 99.5 Å². The summed E-state index contributed by atoms with van der Waals surface area (Å²) in [6.45, 7) is 0. The third-order valence-electron chi connectivity index (χ3n) is 13.7. The molecule has 15 rings (SSSR count). The molecule has 6 heteroatoms. The van der Waals surface area contributed by atoms with Gasteiger partial charge in [-0.15, -0.1) is 22.7 Å². The first kappa shape index (κ1) is 37.8. The van der Waals surface area contributed by atoms with Crippen LogP contribution in [0.25, 0.3) is 106 Å². The molecule has 0 saturated carbocycles. The lowest BCUT2D eigenvalue weighted by Gasteiger charge is -2.26. The molecule has 0 amide bonds. The second-order valence-electron chi connectivity index (χ2n) is 17.7. The molecule has 0 aliphatic carbocycles. The van der Waals surface area contributed by atoms with E-state index in [2.05, 4.69) is 228 Å². The van der Waals surface area contributed by atoms with Crippen LogP contribution in [0.4, 0.5) is 34.1 Å². The lowest BCUT2D eigenvalue weighted by atomic mass is 10.0. The van der Waals surface area contributed by atoms with Crippen molar-refractivity contribution in [1.82, 2.24) is 0 Å². The van der Waals surface area contributed by atoms with Gasteiger partial charge in [-0.25, -0.2) is 0 Å². The minimum absolute atomic E-state index is 0.810. The summed E-state index contributed by atoms with van der Waals surface area (Å²) in [6, 6.07) is 79.1. The molecular weight excluding hydrogens is 869 g/mol. The lowest BCUT2D eigenvalue weighted by Crippen LogP contribution is -2.09. The first-order valence-electron chi connectivity index (χ1n) is 22.9. The maximum Gasteiger partial charge on any atom is 0.139 e. The minimum Gasteiger partial charge on any atom is -0.456 e. The summed E-state index contributed by atoms with van der Waals surface area (Å²) in [5.74, 6) is 0. The zero-order valence-electron chi connectivity index (χ0n) is 36.3. The highest BCUT2D eigenvalue weighted by Crippen LogP contribution is 2.45. The number of para-hydroxylation sites is 2. The third kappa shape index (κ3) is 5.85. The highest BCUT2D eigenvalue weighted by Gasteiger charge is 2.20. The zero-order chi connectivity index (χ0) is 44.5. The number of fused-ring (bicyclic) bond motifs is 14. The smallest absolute Gasteiger partial charge is 0.139 e. The fourth-order valence-corrected chi connectivity index (χ4v) is 12.7. The topological polar surface area (TPSA) is 32.8 Å². The van der Waals surface area contributed by atoms with Crippen LogP contribution in [0, 0.1) is 0 Å². The van der Waals surface area contributed by atoms with Gasteiger partial charge in [-0.1, -0.05) is 84.9 Å². The molecule has 0 fully saturated rings. The molecule has 0 radical (unpaired) electrons. The summed E-state index contributed by atoms with van der Waals surface area (Å²) < 4.78 is 18.6. The monoisotopic (exact) mass is 904 g/mol. The Morgan fingerprint density at radius 2 is 0.618 bits per heavy atom. The van der Waals surface area contributed by atoms with Gasteiger partial charge < -0.3 is 18.6 Å². The van der Waals surface area contributed by atoms with Crippen molar-refractivity contribution in [3.63, 3.8) is 0 Å². The molecule has 0 N–H and O–H groups in total. The molecule has 0 aliphatic rings. The van der Waals surface area contributed by atoms with Crippen LogP contribution in [-0.4, -0.2) is 0 Å². The molecule has 4 heterocycles. The summed E-state index contributed by atoms with van der Waals surface area (Å²) >= 11 is 3.69. The van der Waals surface area contributed by atoms with Crippen molar-refractivity contribution in [1.29, 1.82) is 0 Å². The maximum absolute atomic E-state index is 6.69. The largest absolute Gasteiger partial charge is 0.456 e. The number of thiophene rings is 2. The molecule has 11 aromatic carbocycles. The highest BCUT2D eigenvalue weighted by molar-refractivity contribution is 7.26. The molecule has 4 aromatic heterocycles. The van der Waals surface area contributed by atoms with Crippen molar-refractivity contribution in [2.45, 2.75) is 0 Å². The van der Waals surface area contributed by atoms with Crippen LogP contribution in [0.2, 0.25) is 0 Å². The SMILES string of the molecule is c1ccc(N(c2ccc3cc4c(cc3c2)oc2cc3oc5cc6cc(N(c7ccccc7)c7ccc8sc9ccccc9c8c7)ccc6cc5c3cc24)c2ccc3sc4ccccc4c3c2)cc1. The number of hydrogen-bond acceptors (Lipinski definition) is 6. The van der Waals surface area contributed by atoms with E-state index < -0.39 is 0 Å². The number of furan rings is 2. The van der Waals surface area contributed by atoms with Crippen LogP contribution >= 0.6 is 22.7 Å². The van der Waals surface area contributed by atoms with E-state index in [1.165, 1.54) is 40.3 Å². The molecule has 0 bridgehead atoms. The van der Waals surface area contributed by atoms with Crippen molar-refractivity contribution in [3.05, 3.63) is 218 Å². The van der Waals surface area contributed by atoms with E-state index in [1.54, 1.807) is 0 Å². The Balaban J connectivity index is 0.820. The van der Waals surface area contributed by atoms with Gasteiger partial charge in [0.25, 0.3) is 0 Å². The van der Waals surface area contributed by atoms with Crippen LogP contribution in [-0.2, 0) is 0 Å². The van der Waals surface area contributed by atoms with Gasteiger partial charge in [-0.3, -0.25) is 0 Å². The van der Waals surface area contributed by atoms with Crippen LogP contribution < -0.4 is 9.80 Å². The van der Waals surface area contributed by atoms with Crippen LogP contribution in [0.1, 0.15) is 0 Å². The Morgan fingerprint density at radius 1 is 0.235 bits per heavy atom. The number of hydrogen-bond donors (Lipinski definition) is 0. The quantitative estimate of drug-likeness (QED) is 0.166. The molecule has 15 aromatic rings. The number of benzene rings is 11. The van der Waals surface area contributed by atoms with Crippen molar-refractivity contribution in [2.24, 2.45) is 0 Å². The lowest BCUT2D eigenvalue weighted by molar-refractivity contribution is 0.656. The summed E-state index contributed by atoms with van der Waals surface area (Å²) in [4.78, 5) is 4.70. The fourth-order valence-electron chi connectivity index (χ4n) is 10.5. The van der Waals surface area contributed by atoms with Gasteiger partial charge in [0.05, 0.1) is 0 Å². The van der Waals surface area contributed by atoms with Gasteiger partial charge in [0.15, 0.2) is 0 Å². The van der Waals surface area contributed by atoms with E-state index in [9.17, 15) is 0 Å². The predicted octanol–water partition coefficient (Wildman–Crippen LogP) is 19.5. The zero-order valence-corrected chi connectivity index (χ0v) is 37.9. The number of nitrogens with zero attached hydrogens (tertiary/aromatic N) is 2. The van der Waals surface area contributed by atoms with Gasteiger partial charge in [-0.2, -0.15) is 0 Å². The van der Waals surface area contributed by atoms with Gasteiger partial charge in [0.2, 0.25) is 0 Å². The standard InChI is InChI=1S/C62H36N2O2S2/c1-3-11-41(12-4-1)63(45-23-25-61-53(33-45)47-15-7-9-17-59(47)67-61)43-21-19-37-29-49-51-35-52-50-30-38-20-22-44(28-40(38)32-56(50)66-58(52)36-57(51)65-55(49)31-39(37)27-43)64(42-13-5-2-6-14-42)46-24-26-62-54(34-46)48-16-8-10-18-60(48)68-62/h1-36H. The average molecular weight is 905 g/mol. The van der Waals surface area contributed by atoms with E-state index in [-0.39, 0.29) is 0 Å². The molecule has 68 heavy (non-hydrogen) atoms. The Bertz CT molecular complexity index is 4240. The van der Waals surface area contributed by atoms with E-state index in [1.807, 2.05) is 22.7 Å². The first-order valence-corrected chi connectivity index (χ1v) is 24.5. The molecule has 0 aliphatic heterocycles. The molecule has 318 valence electrons. The normalized spacial score (nSPS) is 12.1. The summed E-state index contributed by atoms with van der Waals surface area (Å²) in [7, 11) is 0. The maximum atomic E-state index is 6.69. The van der Waals surface area contributed by atoms with Crippen LogP contribution in [0.3, 0.4) is 0 Å². The minimum atomic E-state index is 0.810. The molecular formula is C62H36N2O2S2. The van der Waals surface area contributed by atoms with Crippen molar-refractivity contribution in [2.75, 3.05) is 9.80 Å². The molecule has 0 atom stereocenters. The Hall–Kier alpha value is -8.42. The molecule has 0 unspecified atom stereocenters. The second-order valence-corrected chi connectivity index (χ2v) is 19.9. The predicted molar refractivity (Wildman–Crippen MR) is 291 cm³/mol. The van der Waals surface area contributed by atoms with Crippen molar-refractivity contribution >= 4 is 163 Å². The Labute approximate surface area is 397 Å². The van der Waals surface area contributed by atoms with Crippen LogP contribution in [0.5, 0.6) is 0 Å². The van der Waals surface area contributed by atoms with Gasteiger partial charge in [0, 0.05) is 102 Å². The third-order valence-corrected chi connectivity index (χ3v) is 16.0. The Morgan fingerprint density at radius 3 is 1.10 bits per heavy atom. The van der Waals surface area contributed by atoms with Gasteiger partial charge >= 0.3 is 0 Å². The first-order chi connectivity index (χ1) is 33.6. The summed E-state index contributed by atoms with van der Waals surface area (Å²) in [6.07, 6.45) is 0. The van der Waals surface area contributed by atoms with E-state index >= 15 is 0 Å². The number of rotatable bonds is 6. The average Bonchev–Trinajstić information content (AvgIpc) is 4.14. The molecule has 0 saturated heterocycles.